The largest absolute Gasteiger partial charge is 0.545 e. The summed E-state index contributed by atoms with van der Waals surface area (Å²) < 4.78 is 10.9. The van der Waals surface area contributed by atoms with Gasteiger partial charge < -0.3 is 24.7 Å². The summed E-state index contributed by atoms with van der Waals surface area (Å²) in [7, 11) is 3.07. The van der Waals surface area contributed by atoms with Crippen LogP contribution in [0.2, 0.25) is 0 Å². The van der Waals surface area contributed by atoms with Crippen molar-refractivity contribution in [2.45, 2.75) is 6.42 Å². The Morgan fingerprint density at radius 3 is 2.59 bits per heavy atom. The lowest BCUT2D eigenvalue weighted by Crippen LogP contribution is -2.31. The van der Waals surface area contributed by atoms with Crippen molar-refractivity contribution in [2.24, 2.45) is 0 Å². The molecule has 1 N–H and O–H groups in total. The lowest BCUT2D eigenvalue weighted by Gasteiger charge is -2.14. The van der Waals surface area contributed by atoms with E-state index in [-0.39, 0.29) is 30.3 Å². The number of methoxy groups -OCH3 is 2. The molecule has 32 heavy (non-hydrogen) atoms. The van der Waals surface area contributed by atoms with Gasteiger partial charge in [0.1, 0.15) is 4.32 Å². The van der Waals surface area contributed by atoms with E-state index >= 15 is 0 Å². The molecule has 1 heterocycles. The zero-order valence-electron chi connectivity index (χ0n) is 17.2. The number of aromatic carboxylic acids is 1. The van der Waals surface area contributed by atoms with E-state index in [4.69, 9.17) is 21.7 Å². The fourth-order valence-electron chi connectivity index (χ4n) is 2.95. The summed E-state index contributed by atoms with van der Waals surface area (Å²) in [5, 5.41) is 13.5. The molecule has 1 aliphatic rings. The summed E-state index contributed by atoms with van der Waals surface area (Å²) in [4.78, 5) is 37.8. The first kappa shape index (κ1) is 23.3. The summed E-state index contributed by atoms with van der Waals surface area (Å²) in [6.45, 7) is 0.0972. The predicted molar refractivity (Wildman–Crippen MR) is 123 cm³/mol. The molecule has 2 aromatic rings. The van der Waals surface area contributed by atoms with Crippen LogP contribution in [0.25, 0.3) is 6.08 Å². The van der Waals surface area contributed by atoms with Crippen molar-refractivity contribution in [1.82, 2.24) is 4.90 Å². The molecule has 3 rings (SSSR count). The molecule has 0 aliphatic carbocycles. The number of ether oxygens (including phenoxy) is 2. The van der Waals surface area contributed by atoms with E-state index in [1.807, 2.05) is 0 Å². The number of amides is 2. The lowest BCUT2D eigenvalue weighted by atomic mass is 10.2. The van der Waals surface area contributed by atoms with Crippen LogP contribution in [0.1, 0.15) is 22.3 Å². The number of hydrogen-bond donors (Lipinski definition) is 1. The molecule has 166 valence electrons. The van der Waals surface area contributed by atoms with Crippen molar-refractivity contribution in [1.29, 1.82) is 0 Å². The first-order valence-electron chi connectivity index (χ1n) is 9.41. The number of carbonyl (C=O) groups is 3. The second-order valence-corrected chi connectivity index (χ2v) is 8.29. The van der Waals surface area contributed by atoms with Gasteiger partial charge in [0.25, 0.3) is 5.91 Å². The number of nitrogens with zero attached hydrogens (tertiary/aromatic N) is 1. The number of hydrogen-bond acceptors (Lipinski definition) is 8. The van der Waals surface area contributed by atoms with Crippen molar-refractivity contribution in [3.05, 3.63) is 58.5 Å². The third-order valence-corrected chi connectivity index (χ3v) is 5.90. The highest BCUT2D eigenvalue weighted by Gasteiger charge is 2.32. The molecule has 2 amide bonds. The number of rotatable bonds is 8. The number of carbonyl (C=O) groups excluding carboxylic acids is 3. The quantitative estimate of drug-likeness (QED) is 0.462. The van der Waals surface area contributed by atoms with Crippen LogP contribution >= 0.6 is 24.0 Å². The Kier molecular flexibility index (Phi) is 7.49. The van der Waals surface area contributed by atoms with Gasteiger partial charge in [-0.2, -0.15) is 0 Å². The smallest absolute Gasteiger partial charge is 0.266 e. The second-order valence-electron chi connectivity index (χ2n) is 6.61. The maximum absolute atomic E-state index is 12.8. The van der Waals surface area contributed by atoms with Crippen LogP contribution in [-0.4, -0.2) is 47.8 Å². The van der Waals surface area contributed by atoms with Crippen molar-refractivity contribution in [3.63, 3.8) is 0 Å². The van der Waals surface area contributed by atoms with Crippen LogP contribution in [-0.2, 0) is 9.59 Å². The van der Waals surface area contributed by atoms with Crippen LogP contribution in [0.3, 0.4) is 0 Å². The highest BCUT2D eigenvalue weighted by atomic mass is 32.2. The minimum Gasteiger partial charge on any atom is -0.545 e. The fraction of sp³-hybridized carbons (Fsp3) is 0.182. The number of thiocarbonyl (C=S) groups is 1. The van der Waals surface area contributed by atoms with Crippen molar-refractivity contribution in [2.75, 3.05) is 26.1 Å². The normalized spacial score (nSPS) is 14.6. The zero-order chi connectivity index (χ0) is 23.3. The Labute approximate surface area is 194 Å². The summed E-state index contributed by atoms with van der Waals surface area (Å²) in [5.41, 5.74) is 1.03. The third kappa shape index (κ3) is 5.45. The van der Waals surface area contributed by atoms with Gasteiger partial charge in [-0.15, -0.1) is 0 Å². The minimum absolute atomic E-state index is 0.00831. The van der Waals surface area contributed by atoms with Crippen LogP contribution in [0, 0.1) is 0 Å². The molecule has 1 saturated heterocycles. The van der Waals surface area contributed by atoms with Gasteiger partial charge in [-0.3, -0.25) is 14.5 Å². The van der Waals surface area contributed by atoms with Crippen LogP contribution < -0.4 is 19.9 Å². The summed E-state index contributed by atoms with van der Waals surface area (Å²) in [6, 6.07) is 11.0. The number of carboxylic acid groups (broad SMARTS) is 1. The Hall–Kier alpha value is -3.37. The highest BCUT2D eigenvalue weighted by Crippen LogP contribution is 2.34. The summed E-state index contributed by atoms with van der Waals surface area (Å²) in [5.74, 6) is -0.885. The molecule has 0 bridgehead atoms. The Balaban J connectivity index is 1.64. The SMILES string of the molecule is COc1ccc(/C=C2\SC(=S)N(CCC(=O)Nc3cccc(C(=O)[O-])c3)C2=O)cc1OC. The number of carboxylic acids is 1. The van der Waals surface area contributed by atoms with Gasteiger partial charge in [0.05, 0.1) is 25.1 Å². The van der Waals surface area contributed by atoms with Gasteiger partial charge in [-0.1, -0.05) is 42.2 Å². The molecule has 1 fully saturated rings. The maximum atomic E-state index is 12.8. The first-order valence-corrected chi connectivity index (χ1v) is 10.6. The molecule has 10 heteroatoms. The van der Waals surface area contributed by atoms with E-state index in [0.717, 1.165) is 17.3 Å². The molecular weight excluding hydrogens is 452 g/mol. The average molecular weight is 472 g/mol. The topological polar surface area (TPSA) is 108 Å². The average Bonchev–Trinajstić information content (AvgIpc) is 3.04. The molecule has 2 aromatic carbocycles. The van der Waals surface area contributed by atoms with Crippen LogP contribution in [0.15, 0.2) is 47.4 Å². The molecule has 0 radical (unpaired) electrons. The number of anilines is 1. The van der Waals surface area contributed by atoms with E-state index in [9.17, 15) is 19.5 Å². The Morgan fingerprint density at radius 2 is 1.91 bits per heavy atom. The summed E-state index contributed by atoms with van der Waals surface area (Å²) in [6.07, 6.45) is 1.69. The number of nitrogens with one attached hydrogen (secondary N) is 1. The monoisotopic (exact) mass is 471 g/mol. The van der Waals surface area contributed by atoms with Crippen LogP contribution in [0.5, 0.6) is 11.5 Å². The lowest BCUT2D eigenvalue weighted by molar-refractivity contribution is -0.255. The van der Waals surface area contributed by atoms with Gasteiger partial charge in [0.15, 0.2) is 11.5 Å². The molecule has 8 nitrogen and oxygen atoms in total. The zero-order valence-corrected chi connectivity index (χ0v) is 18.9. The van der Waals surface area contributed by atoms with Gasteiger partial charge in [0, 0.05) is 18.7 Å². The van der Waals surface area contributed by atoms with E-state index in [0.29, 0.717) is 26.4 Å². The standard InChI is InChI=1S/C22H20N2O6S2/c1-29-16-7-6-13(10-17(16)30-2)11-18-20(26)24(22(31)32-18)9-8-19(25)23-15-5-3-4-14(12-15)21(27)28/h3-7,10-12H,8-9H2,1-2H3,(H,23,25)(H,27,28)/p-1/b18-11-. The number of thioether (sulfide) groups is 1. The Bertz CT molecular complexity index is 1120. The molecule has 0 atom stereocenters. The third-order valence-electron chi connectivity index (χ3n) is 4.52. The van der Waals surface area contributed by atoms with Gasteiger partial charge >= 0.3 is 0 Å². The molecule has 0 spiro atoms. The number of benzene rings is 2. The van der Waals surface area contributed by atoms with E-state index in [2.05, 4.69) is 5.32 Å². The van der Waals surface area contributed by atoms with E-state index < -0.39 is 5.97 Å². The molecule has 0 aromatic heterocycles. The summed E-state index contributed by atoms with van der Waals surface area (Å²) >= 11 is 6.46. The van der Waals surface area contributed by atoms with Gasteiger partial charge in [0.2, 0.25) is 5.91 Å². The molecule has 0 saturated carbocycles. The van der Waals surface area contributed by atoms with Crippen molar-refractivity contribution >= 4 is 57.8 Å². The first-order chi connectivity index (χ1) is 15.3. The predicted octanol–water partition coefficient (Wildman–Crippen LogP) is 2.30. The van der Waals surface area contributed by atoms with Crippen molar-refractivity contribution < 1.29 is 29.0 Å². The molecule has 0 unspecified atom stereocenters. The van der Waals surface area contributed by atoms with E-state index in [1.54, 1.807) is 37.5 Å². The molecular formula is C22H19N2O6S2-. The van der Waals surface area contributed by atoms with E-state index in [1.165, 1.54) is 30.2 Å². The maximum Gasteiger partial charge on any atom is 0.266 e. The van der Waals surface area contributed by atoms with Crippen LogP contribution in [0.4, 0.5) is 5.69 Å². The highest BCUT2D eigenvalue weighted by molar-refractivity contribution is 8.26. The Morgan fingerprint density at radius 1 is 1.16 bits per heavy atom. The fourth-order valence-corrected chi connectivity index (χ4v) is 4.26. The molecule has 1 aliphatic heterocycles. The van der Waals surface area contributed by atoms with Gasteiger partial charge in [-0.25, -0.2) is 0 Å². The van der Waals surface area contributed by atoms with Crippen molar-refractivity contribution in [3.8, 4) is 11.5 Å². The minimum atomic E-state index is -1.33. The van der Waals surface area contributed by atoms with Gasteiger partial charge in [-0.05, 0) is 41.5 Å². The second kappa shape index (κ2) is 10.3.